The van der Waals surface area contributed by atoms with Crippen molar-refractivity contribution in [3.63, 3.8) is 0 Å². The fraction of sp³-hybridized carbons (Fsp3) is 0.250. The Morgan fingerprint density at radius 1 is 1.23 bits per heavy atom. The number of rotatable bonds is 6. The van der Waals surface area contributed by atoms with Gasteiger partial charge in [0, 0.05) is 0 Å². The molecule has 0 spiro atoms. The second-order valence-corrected chi connectivity index (χ2v) is 4.91. The van der Waals surface area contributed by atoms with Crippen molar-refractivity contribution in [1.82, 2.24) is 30.3 Å². The highest BCUT2D eigenvalue weighted by molar-refractivity contribution is 5.63. The summed E-state index contributed by atoms with van der Waals surface area (Å²) < 4.78 is 10.0. The van der Waals surface area contributed by atoms with Gasteiger partial charge in [0.15, 0.2) is 0 Å². The van der Waals surface area contributed by atoms with Gasteiger partial charge >= 0.3 is 17.4 Å². The van der Waals surface area contributed by atoms with E-state index in [4.69, 9.17) is 9.26 Å². The fourth-order valence-corrected chi connectivity index (χ4v) is 2.21. The van der Waals surface area contributed by atoms with E-state index < -0.39 is 27.2 Å². The van der Waals surface area contributed by atoms with E-state index in [1.165, 1.54) is 14.2 Å². The molecular formula is C12H10N8O6. The van der Waals surface area contributed by atoms with Gasteiger partial charge in [0.25, 0.3) is 0 Å². The first-order valence-corrected chi connectivity index (χ1v) is 6.92. The average molecular weight is 362 g/mol. The highest BCUT2D eigenvalue weighted by Gasteiger charge is 2.70. The van der Waals surface area contributed by atoms with Gasteiger partial charge in [-0.3, -0.25) is 20.2 Å². The maximum atomic E-state index is 11.6. The maximum absolute atomic E-state index is 11.6. The van der Waals surface area contributed by atoms with Crippen molar-refractivity contribution in [1.29, 1.82) is 0 Å². The van der Waals surface area contributed by atoms with Crippen LogP contribution in [-0.2, 0) is 12.7 Å². The first kappa shape index (κ1) is 16.9. The van der Waals surface area contributed by atoms with Gasteiger partial charge in [0.05, 0.1) is 19.7 Å². The monoisotopic (exact) mass is 362 g/mol. The lowest BCUT2D eigenvalue weighted by Gasteiger charge is -2.08. The number of benzene rings is 1. The fourth-order valence-electron chi connectivity index (χ4n) is 2.21. The Hall–Kier alpha value is -3.97. The molecule has 14 nitrogen and oxygen atoms in total. The molecule has 3 aromatic rings. The molecule has 3 rings (SSSR count). The molecule has 0 radical (unpaired) electrons. The van der Waals surface area contributed by atoms with Gasteiger partial charge < -0.3 is 9.26 Å². The lowest BCUT2D eigenvalue weighted by molar-refractivity contribution is -0.801. The van der Waals surface area contributed by atoms with Crippen LogP contribution in [0.5, 0.6) is 5.75 Å². The minimum absolute atomic E-state index is 0.130. The molecule has 0 bridgehead atoms. The SMILES string of the molecule is COc1ccccc1-c1noc(C(c2nnn(C)n2)([N+](=O)[O-])[N+](=O)[O-])n1. The van der Waals surface area contributed by atoms with Crippen LogP contribution in [0.25, 0.3) is 11.4 Å². The second-order valence-electron chi connectivity index (χ2n) is 4.91. The molecule has 0 aliphatic carbocycles. The quantitative estimate of drug-likeness (QED) is 0.328. The zero-order chi connectivity index (χ0) is 18.9. The third kappa shape index (κ3) is 2.40. The van der Waals surface area contributed by atoms with Crippen LogP contribution in [0.15, 0.2) is 28.8 Å². The van der Waals surface area contributed by atoms with Crippen LogP contribution in [0.4, 0.5) is 0 Å². The summed E-state index contributed by atoms with van der Waals surface area (Å²) in [4.78, 5) is 25.5. The van der Waals surface area contributed by atoms with Crippen LogP contribution < -0.4 is 4.74 Å². The van der Waals surface area contributed by atoms with Crippen molar-refractivity contribution in [2.24, 2.45) is 7.05 Å². The summed E-state index contributed by atoms with van der Waals surface area (Å²) in [6.07, 6.45) is 0. The standard InChI is InChI=1S/C12H10N8O6/c1-18-15-10(14-17-18)12(19(21)22,20(23)24)11-13-9(16-26-11)7-5-3-4-6-8(7)25-2/h3-6H,1-2H3. The smallest absolute Gasteiger partial charge is 0.496 e. The Labute approximate surface area is 143 Å². The number of ether oxygens (including phenoxy) is 1. The first-order valence-electron chi connectivity index (χ1n) is 6.92. The summed E-state index contributed by atoms with van der Waals surface area (Å²) in [5.41, 5.74) is -2.86. The summed E-state index contributed by atoms with van der Waals surface area (Å²) in [5, 5.41) is 37.2. The molecule has 134 valence electrons. The highest BCUT2D eigenvalue weighted by atomic mass is 16.7. The van der Waals surface area contributed by atoms with Crippen LogP contribution in [0.2, 0.25) is 0 Å². The van der Waals surface area contributed by atoms with Crippen LogP contribution in [0.3, 0.4) is 0 Å². The van der Waals surface area contributed by atoms with Crippen molar-refractivity contribution >= 4 is 0 Å². The van der Waals surface area contributed by atoms with Gasteiger partial charge in [0.2, 0.25) is 5.82 Å². The molecule has 0 unspecified atom stereocenters. The summed E-state index contributed by atoms with van der Waals surface area (Å²) in [6.45, 7) is 0. The van der Waals surface area contributed by atoms with E-state index in [2.05, 4.69) is 25.6 Å². The lowest BCUT2D eigenvalue weighted by Crippen LogP contribution is -2.46. The Balaban J connectivity index is 2.20. The molecule has 0 aliphatic heterocycles. The molecule has 0 amide bonds. The normalized spacial score (nSPS) is 11.3. The average Bonchev–Trinajstić information content (AvgIpc) is 3.25. The van der Waals surface area contributed by atoms with Crippen molar-refractivity contribution < 1.29 is 19.1 Å². The molecule has 1 aromatic carbocycles. The predicted octanol–water partition coefficient (Wildman–Crippen LogP) is 0.0232. The zero-order valence-corrected chi connectivity index (χ0v) is 13.3. The number of aryl methyl sites for hydroxylation is 1. The van der Waals surface area contributed by atoms with Gasteiger partial charge in [-0.05, 0) is 17.3 Å². The molecule has 0 N–H and O–H groups in total. The van der Waals surface area contributed by atoms with E-state index >= 15 is 0 Å². The molecule has 0 aliphatic rings. The molecule has 26 heavy (non-hydrogen) atoms. The number of hydrogen-bond acceptors (Lipinski definition) is 11. The highest BCUT2D eigenvalue weighted by Crippen LogP contribution is 2.33. The van der Waals surface area contributed by atoms with E-state index in [0.29, 0.717) is 11.3 Å². The largest absolute Gasteiger partial charge is 0.598 e. The first-order chi connectivity index (χ1) is 12.4. The molecule has 14 heteroatoms. The maximum Gasteiger partial charge on any atom is 0.598 e. The van der Waals surface area contributed by atoms with Crippen molar-refractivity contribution in [2.75, 3.05) is 7.11 Å². The number of nitro groups is 2. The Morgan fingerprint density at radius 2 is 1.92 bits per heavy atom. The molecular weight excluding hydrogens is 352 g/mol. The summed E-state index contributed by atoms with van der Waals surface area (Å²) in [6, 6.07) is 6.50. The topological polar surface area (TPSA) is 178 Å². The molecule has 0 fully saturated rings. The van der Waals surface area contributed by atoms with Gasteiger partial charge in [-0.25, -0.2) is 0 Å². The number of hydrogen-bond donors (Lipinski definition) is 0. The molecule has 0 atom stereocenters. The van der Waals surface area contributed by atoms with E-state index in [1.54, 1.807) is 24.3 Å². The van der Waals surface area contributed by atoms with E-state index in [1.807, 2.05) is 0 Å². The summed E-state index contributed by atoms with van der Waals surface area (Å²) in [7, 11) is 2.71. The molecule has 0 saturated carbocycles. The van der Waals surface area contributed by atoms with Gasteiger partial charge in [-0.2, -0.15) is 9.78 Å². The lowest BCUT2D eigenvalue weighted by atomic mass is 10.1. The van der Waals surface area contributed by atoms with E-state index in [9.17, 15) is 20.2 Å². The van der Waals surface area contributed by atoms with E-state index in [-0.39, 0.29) is 5.82 Å². The van der Waals surface area contributed by atoms with E-state index in [0.717, 1.165) is 4.80 Å². The minimum atomic E-state index is -3.19. The third-order valence-corrected chi connectivity index (χ3v) is 3.42. The predicted molar refractivity (Wildman–Crippen MR) is 79.9 cm³/mol. The van der Waals surface area contributed by atoms with Gasteiger partial charge in [-0.15, -0.1) is 5.10 Å². The van der Waals surface area contributed by atoms with Crippen molar-refractivity contribution in [2.45, 2.75) is 5.66 Å². The van der Waals surface area contributed by atoms with Crippen LogP contribution in [0.1, 0.15) is 11.7 Å². The van der Waals surface area contributed by atoms with Crippen LogP contribution >= 0.6 is 0 Å². The molecule has 0 saturated heterocycles. The van der Waals surface area contributed by atoms with Crippen molar-refractivity contribution in [3.05, 3.63) is 56.2 Å². The minimum Gasteiger partial charge on any atom is -0.496 e. The van der Waals surface area contributed by atoms with Gasteiger partial charge in [-0.1, -0.05) is 22.4 Å². The van der Waals surface area contributed by atoms with Gasteiger partial charge in [0.1, 0.15) is 15.6 Å². The number of methoxy groups -OCH3 is 1. The Bertz CT molecular complexity index is 968. The van der Waals surface area contributed by atoms with Crippen molar-refractivity contribution in [3.8, 4) is 17.1 Å². The summed E-state index contributed by atoms with van der Waals surface area (Å²) >= 11 is 0. The molecule has 2 heterocycles. The summed E-state index contributed by atoms with van der Waals surface area (Å²) in [5.74, 6) is -1.51. The second kappa shape index (κ2) is 6.15. The molecule has 2 aromatic heterocycles. The number of para-hydroxylation sites is 1. The number of nitrogens with zero attached hydrogens (tertiary/aromatic N) is 8. The Morgan fingerprint density at radius 3 is 2.50 bits per heavy atom. The van der Waals surface area contributed by atoms with Crippen LogP contribution in [-0.4, -0.2) is 47.3 Å². The Kier molecular flexibility index (Phi) is 3.99. The number of tetrazole rings is 1. The third-order valence-electron chi connectivity index (χ3n) is 3.42. The zero-order valence-electron chi connectivity index (χ0n) is 13.3. The van der Waals surface area contributed by atoms with Crippen LogP contribution in [0, 0.1) is 20.2 Å². The number of aromatic nitrogens is 6.